The van der Waals surface area contributed by atoms with Crippen LogP contribution in [0.3, 0.4) is 0 Å². The highest BCUT2D eigenvalue weighted by Gasteiger charge is 2.17. The summed E-state index contributed by atoms with van der Waals surface area (Å²) in [6.45, 7) is 10.4. The second-order valence-corrected chi connectivity index (χ2v) is 10.2. The number of amides is 1. The fourth-order valence-corrected chi connectivity index (χ4v) is 4.92. The Morgan fingerprint density at radius 3 is 2.65 bits per heavy atom. The highest BCUT2D eigenvalue weighted by molar-refractivity contribution is 7.13. The molecule has 10 heteroatoms. The van der Waals surface area contributed by atoms with Crippen molar-refractivity contribution in [2.75, 3.05) is 52.1 Å². The maximum atomic E-state index is 13.2. The van der Waals surface area contributed by atoms with Crippen LogP contribution in [0.5, 0.6) is 0 Å². The summed E-state index contributed by atoms with van der Waals surface area (Å²) in [6.07, 6.45) is 3.67. The molecule has 4 rings (SSSR count). The van der Waals surface area contributed by atoms with Gasteiger partial charge in [-0.05, 0) is 63.8 Å². The molecule has 37 heavy (non-hydrogen) atoms. The number of rotatable bonds is 12. The third-order valence-corrected chi connectivity index (χ3v) is 7.26. The first-order chi connectivity index (χ1) is 17.9. The molecule has 0 unspecified atom stereocenters. The fourth-order valence-electron chi connectivity index (χ4n) is 4.23. The number of carbonyl (C=O) groups is 1. The number of carbonyl (C=O) groups excluding carboxylic acids is 1. The molecule has 0 aromatic carbocycles. The van der Waals surface area contributed by atoms with E-state index in [-0.39, 0.29) is 11.9 Å². The number of nitrogens with zero attached hydrogens (tertiary/aromatic N) is 6. The lowest BCUT2D eigenvalue weighted by molar-refractivity contribution is 0.0938. The Balaban J connectivity index is 1.66. The molecule has 2 N–H and O–H groups in total. The van der Waals surface area contributed by atoms with Crippen LogP contribution < -0.4 is 10.6 Å². The molecular formula is C27H36N8OS. The first-order valence-electron chi connectivity index (χ1n) is 12.7. The lowest BCUT2D eigenvalue weighted by Gasteiger charge is -2.26. The first kappa shape index (κ1) is 26.7. The van der Waals surface area contributed by atoms with Gasteiger partial charge in [0.2, 0.25) is 0 Å². The second-order valence-electron chi connectivity index (χ2n) is 9.25. The normalized spacial score (nSPS) is 12.4. The predicted octanol–water partition coefficient (Wildman–Crippen LogP) is 3.95. The van der Waals surface area contributed by atoms with Gasteiger partial charge in [0.05, 0.1) is 28.0 Å². The largest absolute Gasteiger partial charge is 0.369 e. The smallest absolute Gasteiger partial charge is 0.251 e. The summed E-state index contributed by atoms with van der Waals surface area (Å²) in [5.74, 6) is 0.525. The number of nitrogens with one attached hydrogen (secondary N) is 2. The number of anilines is 1. The van der Waals surface area contributed by atoms with E-state index in [1.807, 2.05) is 49.9 Å². The van der Waals surface area contributed by atoms with Crippen molar-refractivity contribution in [1.82, 2.24) is 34.7 Å². The Morgan fingerprint density at radius 2 is 1.95 bits per heavy atom. The van der Waals surface area contributed by atoms with Gasteiger partial charge in [0.15, 0.2) is 5.65 Å². The molecule has 196 valence electrons. The van der Waals surface area contributed by atoms with Crippen molar-refractivity contribution in [3.8, 4) is 21.8 Å². The van der Waals surface area contributed by atoms with Gasteiger partial charge in [-0.1, -0.05) is 19.9 Å². The van der Waals surface area contributed by atoms with Crippen LogP contribution in [0.4, 0.5) is 5.82 Å². The monoisotopic (exact) mass is 520 g/mol. The number of hydrogen-bond acceptors (Lipinski definition) is 8. The van der Waals surface area contributed by atoms with E-state index >= 15 is 0 Å². The van der Waals surface area contributed by atoms with Crippen LogP contribution in [-0.4, -0.2) is 88.2 Å². The Labute approximate surface area is 222 Å². The van der Waals surface area contributed by atoms with Crippen LogP contribution in [0.15, 0.2) is 48.1 Å². The molecule has 0 bridgehead atoms. The van der Waals surface area contributed by atoms with Crippen molar-refractivity contribution in [3.05, 3.63) is 53.7 Å². The van der Waals surface area contributed by atoms with E-state index in [1.54, 1.807) is 22.0 Å². The third-order valence-electron chi connectivity index (χ3n) is 6.37. The molecule has 0 saturated heterocycles. The average molecular weight is 521 g/mol. The predicted molar refractivity (Wildman–Crippen MR) is 151 cm³/mol. The molecule has 0 spiro atoms. The van der Waals surface area contributed by atoms with E-state index in [9.17, 15) is 4.79 Å². The number of aromatic nitrogens is 4. The van der Waals surface area contributed by atoms with E-state index in [2.05, 4.69) is 52.4 Å². The average Bonchev–Trinajstić information content (AvgIpc) is 3.57. The molecule has 0 aliphatic heterocycles. The molecule has 0 aliphatic carbocycles. The third kappa shape index (κ3) is 6.51. The number of hydrogen-bond donors (Lipinski definition) is 2. The summed E-state index contributed by atoms with van der Waals surface area (Å²) in [6, 6.07) is 9.90. The van der Waals surface area contributed by atoms with Crippen LogP contribution >= 0.6 is 11.3 Å². The molecule has 1 amide bonds. The summed E-state index contributed by atoms with van der Waals surface area (Å²) < 4.78 is 1.74. The summed E-state index contributed by atoms with van der Waals surface area (Å²) in [5.41, 5.74) is 3.57. The minimum atomic E-state index is -0.123. The van der Waals surface area contributed by atoms with Gasteiger partial charge in [-0.15, -0.1) is 11.3 Å². The quantitative estimate of drug-likeness (QED) is 0.292. The van der Waals surface area contributed by atoms with Crippen molar-refractivity contribution >= 4 is 28.7 Å². The minimum Gasteiger partial charge on any atom is -0.369 e. The number of thiophene rings is 1. The fraction of sp³-hybridized carbons (Fsp3) is 0.407. The molecule has 4 aromatic heterocycles. The van der Waals surface area contributed by atoms with Crippen LogP contribution in [0, 0.1) is 0 Å². The maximum absolute atomic E-state index is 13.2. The van der Waals surface area contributed by atoms with Crippen molar-refractivity contribution in [1.29, 1.82) is 0 Å². The van der Waals surface area contributed by atoms with Crippen LogP contribution in [-0.2, 0) is 0 Å². The van der Waals surface area contributed by atoms with Gasteiger partial charge in [-0.3, -0.25) is 9.69 Å². The molecule has 4 heterocycles. The highest BCUT2D eigenvalue weighted by Crippen LogP contribution is 2.28. The van der Waals surface area contributed by atoms with Crippen LogP contribution in [0.25, 0.3) is 27.5 Å². The summed E-state index contributed by atoms with van der Waals surface area (Å²) in [4.78, 5) is 28.5. The van der Waals surface area contributed by atoms with Gasteiger partial charge in [0.1, 0.15) is 5.82 Å². The standard InChI is InChI=1S/C27H36N8OS/c1-6-34(7-2)19(3)17-29-27(36)20-15-23(31-25(16-20)28-11-13-33(4)5)21-18-30-35-12-10-22(32-26(21)35)24-9-8-14-37-24/h8-10,12,14-16,18-19H,6-7,11,13,17H2,1-5H3,(H,28,31)(H,29,36)/t19-/m0/s1. The van der Waals surface area contributed by atoms with Gasteiger partial charge in [-0.25, -0.2) is 14.5 Å². The molecule has 1 atom stereocenters. The molecule has 9 nitrogen and oxygen atoms in total. The van der Waals surface area contributed by atoms with Crippen molar-refractivity contribution in [2.24, 2.45) is 0 Å². The maximum Gasteiger partial charge on any atom is 0.251 e. The van der Waals surface area contributed by atoms with E-state index in [0.29, 0.717) is 35.8 Å². The van der Waals surface area contributed by atoms with Gasteiger partial charge in [-0.2, -0.15) is 5.10 Å². The molecular weight excluding hydrogens is 484 g/mol. The van der Waals surface area contributed by atoms with Gasteiger partial charge >= 0.3 is 0 Å². The van der Waals surface area contributed by atoms with Crippen LogP contribution in [0.1, 0.15) is 31.1 Å². The molecule has 0 aliphatic rings. The summed E-state index contributed by atoms with van der Waals surface area (Å²) >= 11 is 1.64. The van der Waals surface area contributed by atoms with Crippen molar-refractivity contribution in [2.45, 2.75) is 26.8 Å². The molecule has 0 fully saturated rings. The highest BCUT2D eigenvalue weighted by atomic mass is 32.1. The van der Waals surface area contributed by atoms with Crippen molar-refractivity contribution < 1.29 is 4.79 Å². The lowest BCUT2D eigenvalue weighted by Crippen LogP contribution is -2.42. The Hall–Kier alpha value is -3.34. The molecule has 0 saturated carbocycles. The van der Waals surface area contributed by atoms with Crippen LogP contribution in [0.2, 0.25) is 0 Å². The topological polar surface area (TPSA) is 90.7 Å². The number of pyridine rings is 1. The van der Waals surface area contributed by atoms with E-state index in [1.165, 1.54) is 0 Å². The number of fused-ring (bicyclic) bond motifs is 1. The number of likely N-dealkylation sites (N-methyl/N-ethyl adjacent to an activating group) is 2. The second kappa shape index (κ2) is 12.3. The lowest BCUT2D eigenvalue weighted by atomic mass is 10.1. The van der Waals surface area contributed by atoms with Gasteiger partial charge in [0.25, 0.3) is 5.91 Å². The first-order valence-corrected chi connectivity index (χ1v) is 13.6. The van der Waals surface area contributed by atoms with Gasteiger partial charge in [0, 0.05) is 37.4 Å². The summed E-state index contributed by atoms with van der Waals surface area (Å²) in [5, 5.41) is 13.0. The van der Waals surface area contributed by atoms with E-state index in [0.717, 1.165) is 35.8 Å². The Morgan fingerprint density at radius 1 is 1.14 bits per heavy atom. The summed E-state index contributed by atoms with van der Waals surface area (Å²) in [7, 11) is 4.05. The Kier molecular flexibility index (Phi) is 8.86. The zero-order valence-corrected chi connectivity index (χ0v) is 23.0. The zero-order chi connectivity index (χ0) is 26.4. The van der Waals surface area contributed by atoms with Crippen molar-refractivity contribution in [3.63, 3.8) is 0 Å². The zero-order valence-electron chi connectivity index (χ0n) is 22.2. The van der Waals surface area contributed by atoms with E-state index in [4.69, 9.17) is 9.97 Å². The SMILES string of the molecule is CCN(CC)[C@@H](C)CNC(=O)c1cc(NCCN(C)C)nc(-c2cnn3ccc(-c4cccs4)nc23)c1. The van der Waals surface area contributed by atoms with E-state index < -0.39 is 0 Å². The molecule has 0 radical (unpaired) electrons. The Bertz CT molecular complexity index is 1310. The molecule has 4 aromatic rings. The minimum absolute atomic E-state index is 0.123. The van der Waals surface area contributed by atoms with Gasteiger partial charge < -0.3 is 15.5 Å².